The average molecular weight is 280 g/mol. The molecule has 0 saturated carbocycles. The smallest absolute Gasteiger partial charge is 0.132 e. The first-order chi connectivity index (χ1) is 9.10. The van der Waals surface area contributed by atoms with E-state index in [1.54, 1.807) is 24.3 Å². The normalized spacial score (nSPS) is 12.0. The third kappa shape index (κ3) is 3.38. The van der Waals surface area contributed by atoms with Crippen molar-refractivity contribution in [3.05, 3.63) is 58.9 Å². The zero-order chi connectivity index (χ0) is 13.8. The lowest BCUT2D eigenvalue weighted by Crippen LogP contribution is -2.08. The maximum absolute atomic E-state index is 13.9. The summed E-state index contributed by atoms with van der Waals surface area (Å²) in [5.74, 6) is 0.230. The van der Waals surface area contributed by atoms with Gasteiger partial charge in [-0.3, -0.25) is 0 Å². The Morgan fingerprint density at radius 3 is 2.42 bits per heavy atom. The van der Waals surface area contributed by atoms with Gasteiger partial charge in [-0.2, -0.15) is 0 Å². The van der Waals surface area contributed by atoms with Crippen LogP contribution in [0.4, 0.5) is 10.1 Å². The first-order valence-corrected chi connectivity index (χ1v) is 6.33. The predicted molar refractivity (Wildman–Crippen MR) is 76.4 cm³/mol. The summed E-state index contributed by atoms with van der Waals surface area (Å²) in [4.78, 5) is 0. The first-order valence-electron chi connectivity index (χ1n) is 5.95. The van der Waals surface area contributed by atoms with Crippen molar-refractivity contribution >= 4 is 17.3 Å². The number of nitrogens with one attached hydrogen (secondary N) is 1. The molecule has 0 aliphatic heterocycles. The maximum Gasteiger partial charge on any atom is 0.132 e. The Morgan fingerprint density at radius 1 is 1.16 bits per heavy atom. The molecule has 4 heteroatoms. The summed E-state index contributed by atoms with van der Waals surface area (Å²) in [5, 5.41) is 3.90. The minimum absolute atomic E-state index is 0.146. The molecule has 1 unspecified atom stereocenters. The van der Waals surface area contributed by atoms with Crippen LogP contribution in [-0.2, 0) is 0 Å². The Labute approximate surface area is 117 Å². The van der Waals surface area contributed by atoms with Crippen LogP contribution in [0, 0.1) is 5.82 Å². The molecule has 0 radical (unpaired) electrons. The summed E-state index contributed by atoms with van der Waals surface area (Å²) in [6.07, 6.45) is 0. The van der Waals surface area contributed by atoms with Crippen LogP contribution in [0.1, 0.15) is 18.5 Å². The van der Waals surface area contributed by atoms with Crippen LogP contribution in [0.5, 0.6) is 5.75 Å². The van der Waals surface area contributed by atoms with Crippen LogP contribution in [0.2, 0.25) is 5.02 Å². The fraction of sp³-hybridized carbons (Fsp3) is 0.200. The van der Waals surface area contributed by atoms with Gasteiger partial charge in [0.1, 0.15) is 11.6 Å². The van der Waals surface area contributed by atoms with Crippen LogP contribution in [0.25, 0.3) is 0 Å². The highest BCUT2D eigenvalue weighted by Gasteiger charge is 2.11. The minimum Gasteiger partial charge on any atom is -0.497 e. The molecule has 0 aliphatic rings. The fourth-order valence-electron chi connectivity index (χ4n) is 1.86. The Morgan fingerprint density at radius 2 is 1.84 bits per heavy atom. The van der Waals surface area contributed by atoms with Crippen LogP contribution < -0.4 is 10.1 Å². The molecular formula is C15H15ClFNO. The third-order valence-corrected chi connectivity index (χ3v) is 3.15. The molecule has 19 heavy (non-hydrogen) atoms. The number of hydrogen-bond donors (Lipinski definition) is 1. The number of halogens is 2. The van der Waals surface area contributed by atoms with E-state index in [1.807, 2.05) is 19.1 Å². The SMILES string of the molecule is COc1ccc(C(C)Nc2ccc(Cl)cc2)c(F)c1. The molecule has 0 fully saturated rings. The molecule has 2 aromatic rings. The molecule has 0 aliphatic carbocycles. The summed E-state index contributed by atoms with van der Waals surface area (Å²) in [6, 6.07) is 12.0. The number of ether oxygens (including phenoxy) is 1. The minimum atomic E-state index is -0.284. The van der Waals surface area contributed by atoms with Gasteiger partial charge in [0.25, 0.3) is 0 Å². The molecule has 0 aromatic heterocycles. The van der Waals surface area contributed by atoms with Crippen molar-refractivity contribution in [3.63, 3.8) is 0 Å². The molecule has 100 valence electrons. The second-order valence-corrected chi connectivity index (χ2v) is 4.70. The zero-order valence-corrected chi connectivity index (χ0v) is 11.5. The third-order valence-electron chi connectivity index (χ3n) is 2.90. The lowest BCUT2D eigenvalue weighted by Gasteiger charge is -2.17. The highest BCUT2D eigenvalue weighted by Crippen LogP contribution is 2.25. The van der Waals surface area contributed by atoms with Gasteiger partial charge in [0.2, 0.25) is 0 Å². The highest BCUT2D eigenvalue weighted by atomic mass is 35.5. The first kappa shape index (κ1) is 13.7. The number of anilines is 1. The maximum atomic E-state index is 13.9. The lowest BCUT2D eigenvalue weighted by atomic mass is 10.1. The fourth-order valence-corrected chi connectivity index (χ4v) is 1.99. The Bertz CT molecular complexity index is 557. The van der Waals surface area contributed by atoms with Crippen molar-refractivity contribution in [2.24, 2.45) is 0 Å². The highest BCUT2D eigenvalue weighted by molar-refractivity contribution is 6.30. The molecule has 0 bridgehead atoms. The lowest BCUT2D eigenvalue weighted by molar-refractivity contribution is 0.410. The van der Waals surface area contributed by atoms with Gasteiger partial charge in [-0.15, -0.1) is 0 Å². The van der Waals surface area contributed by atoms with Crippen molar-refractivity contribution in [2.75, 3.05) is 12.4 Å². The van der Waals surface area contributed by atoms with E-state index < -0.39 is 0 Å². The summed E-state index contributed by atoms with van der Waals surface area (Å²) >= 11 is 5.82. The summed E-state index contributed by atoms with van der Waals surface area (Å²) < 4.78 is 18.9. The van der Waals surface area contributed by atoms with E-state index in [-0.39, 0.29) is 11.9 Å². The van der Waals surface area contributed by atoms with Crippen molar-refractivity contribution in [1.82, 2.24) is 0 Å². The molecule has 0 heterocycles. The van der Waals surface area contributed by atoms with Gasteiger partial charge in [-0.1, -0.05) is 17.7 Å². The van der Waals surface area contributed by atoms with Gasteiger partial charge in [-0.05, 0) is 37.3 Å². The Hall–Kier alpha value is -1.74. The van der Waals surface area contributed by atoms with E-state index in [0.717, 1.165) is 5.69 Å². The van der Waals surface area contributed by atoms with E-state index in [0.29, 0.717) is 16.3 Å². The standard InChI is InChI=1S/C15H15ClFNO/c1-10(18-12-5-3-11(16)4-6-12)14-8-7-13(19-2)9-15(14)17/h3-10,18H,1-2H3. The van der Waals surface area contributed by atoms with E-state index in [4.69, 9.17) is 16.3 Å². The molecule has 0 saturated heterocycles. The molecule has 1 N–H and O–H groups in total. The largest absolute Gasteiger partial charge is 0.497 e. The second kappa shape index (κ2) is 5.93. The van der Waals surface area contributed by atoms with E-state index in [9.17, 15) is 4.39 Å². The summed E-state index contributed by atoms with van der Waals surface area (Å²) in [5.41, 5.74) is 1.49. The molecular weight excluding hydrogens is 265 g/mol. The van der Waals surface area contributed by atoms with E-state index >= 15 is 0 Å². The van der Waals surface area contributed by atoms with Crippen LogP contribution >= 0.6 is 11.6 Å². The number of benzene rings is 2. The van der Waals surface area contributed by atoms with Crippen molar-refractivity contribution in [2.45, 2.75) is 13.0 Å². The van der Waals surface area contributed by atoms with Crippen molar-refractivity contribution in [1.29, 1.82) is 0 Å². The van der Waals surface area contributed by atoms with Gasteiger partial charge in [0.15, 0.2) is 0 Å². The van der Waals surface area contributed by atoms with Crippen LogP contribution in [-0.4, -0.2) is 7.11 Å². The molecule has 2 nitrogen and oxygen atoms in total. The summed E-state index contributed by atoms with van der Waals surface area (Å²) in [7, 11) is 1.52. The van der Waals surface area contributed by atoms with E-state index in [1.165, 1.54) is 13.2 Å². The number of methoxy groups -OCH3 is 1. The number of hydrogen-bond acceptors (Lipinski definition) is 2. The predicted octanol–water partition coefficient (Wildman–Crippen LogP) is 4.66. The topological polar surface area (TPSA) is 21.3 Å². The summed E-state index contributed by atoms with van der Waals surface area (Å²) in [6.45, 7) is 1.90. The van der Waals surface area contributed by atoms with Gasteiger partial charge in [0.05, 0.1) is 13.2 Å². The van der Waals surface area contributed by atoms with Gasteiger partial charge in [-0.25, -0.2) is 4.39 Å². The van der Waals surface area contributed by atoms with Gasteiger partial charge >= 0.3 is 0 Å². The van der Waals surface area contributed by atoms with E-state index in [2.05, 4.69) is 5.32 Å². The molecule has 0 spiro atoms. The molecule has 0 amide bonds. The molecule has 1 atom stereocenters. The quantitative estimate of drug-likeness (QED) is 0.879. The molecule has 2 aromatic carbocycles. The Kier molecular flexibility index (Phi) is 4.27. The second-order valence-electron chi connectivity index (χ2n) is 4.26. The van der Waals surface area contributed by atoms with Gasteiger partial charge in [0, 0.05) is 22.3 Å². The zero-order valence-electron chi connectivity index (χ0n) is 10.8. The van der Waals surface area contributed by atoms with Crippen LogP contribution in [0.15, 0.2) is 42.5 Å². The van der Waals surface area contributed by atoms with Crippen molar-refractivity contribution in [3.8, 4) is 5.75 Å². The molecule has 2 rings (SSSR count). The Balaban J connectivity index is 2.15. The van der Waals surface area contributed by atoms with Gasteiger partial charge < -0.3 is 10.1 Å². The monoisotopic (exact) mass is 279 g/mol. The van der Waals surface area contributed by atoms with Crippen LogP contribution in [0.3, 0.4) is 0 Å². The average Bonchev–Trinajstić information content (AvgIpc) is 2.41. The van der Waals surface area contributed by atoms with Crippen molar-refractivity contribution < 1.29 is 9.13 Å². The number of rotatable bonds is 4.